The zero-order chi connectivity index (χ0) is 21.4. The molecule has 0 aliphatic carbocycles. The van der Waals surface area contributed by atoms with Crippen molar-refractivity contribution in [1.82, 2.24) is 10.2 Å². The normalized spacial score (nSPS) is 14.7. The second kappa shape index (κ2) is 11.0. The fourth-order valence-electron chi connectivity index (χ4n) is 3.72. The van der Waals surface area contributed by atoms with Crippen LogP contribution in [-0.2, 0) is 0 Å². The number of aryl methyl sites for hydroxylation is 1. The molecule has 0 radical (unpaired) electrons. The Balaban J connectivity index is 0.00000145. The third kappa shape index (κ3) is 6.07. The van der Waals surface area contributed by atoms with Gasteiger partial charge in [-0.1, -0.05) is 43.7 Å². The van der Waals surface area contributed by atoms with Crippen molar-refractivity contribution in [2.45, 2.75) is 40.5 Å². The van der Waals surface area contributed by atoms with E-state index in [9.17, 15) is 4.79 Å². The number of piperidine rings is 1. The van der Waals surface area contributed by atoms with Crippen LogP contribution in [0, 0.1) is 19.8 Å². The van der Waals surface area contributed by atoms with Crippen LogP contribution < -0.4 is 10.6 Å². The smallest absolute Gasteiger partial charge is 0.251 e. The largest absolute Gasteiger partial charge is 0.388 e. The minimum Gasteiger partial charge on any atom is -0.388 e. The molecular weight excluding hydrogens is 358 g/mol. The Hall–Kier alpha value is -2.33. The monoisotopic (exact) mass is 395 g/mol. The van der Waals surface area contributed by atoms with E-state index in [1.165, 1.54) is 5.56 Å². The lowest BCUT2D eigenvalue weighted by atomic mass is 9.95. The Morgan fingerprint density at radius 1 is 1.03 bits per heavy atom. The number of carbonyl (C=O) groups is 1. The molecule has 0 atom stereocenters. The summed E-state index contributed by atoms with van der Waals surface area (Å²) >= 11 is 0. The number of amides is 1. The SMILES string of the molecule is CC.CNc1cc(-c2ccc(C)cc2)cc(C(=O)NCC2CCN(C)CC2)c1C. The summed E-state index contributed by atoms with van der Waals surface area (Å²) in [5.41, 5.74) is 6.17. The lowest BCUT2D eigenvalue weighted by Gasteiger charge is -2.29. The lowest BCUT2D eigenvalue weighted by molar-refractivity contribution is 0.0938. The number of anilines is 1. The van der Waals surface area contributed by atoms with Crippen molar-refractivity contribution < 1.29 is 4.79 Å². The van der Waals surface area contributed by atoms with E-state index in [1.807, 2.05) is 33.9 Å². The fraction of sp³-hybridized carbons (Fsp3) is 0.480. The minimum atomic E-state index is 0.0249. The van der Waals surface area contributed by atoms with Gasteiger partial charge in [-0.2, -0.15) is 0 Å². The summed E-state index contributed by atoms with van der Waals surface area (Å²) in [6.07, 6.45) is 2.31. The van der Waals surface area contributed by atoms with Gasteiger partial charge in [0.25, 0.3) is 5.91 Å². The molecule has 1 amide bonds. The molecule has 1 fully saturated rings. The topological polar surface area (TPSA) is 44.4 Å². The maximum absolute atomic E-state index is 12.9. The number of rotatable bonds is 5. The molecule has 4 heteroatoms. The van der Waals surface area contributed by atoms with Crippen LogP contribution in [0.3, 0.4) is 0 Å². The van der Waals surface area contributed by atoms with Crippen LogP contribution in [-0.4, -0.2) is 44.5 Å². The average molecular weight is 396 g/mol. The van der Waals surface area contributed by atoms with Crippen LogP contribution >= 0.6 is 0 Å². The van der Waals surface area contributed by atoms with Crippen LogP contribution in [0.4, 0.5) is 5.69 Å². The summed E-state index contributed by atoms with van der Waals surface area (Å²) in [7, 11) is 4.06. The molecule has 158 valence electrons. The van der Waals surface area contributed by atoms with Crippen LogP contribution in [0.15, 0.2) is 36.4 Å². The van der Waals surface area contributed by atoms with E-state index < -0.39 is 0 Å². The Kier molecular flexibility index (Phi) is 8.71. The van der Waals surface area contributed by atoms with Gasteiger partial charge in [0.1, 0.15) is 0 Å². The van der Waals surface area contributed by atoms with E-state index in [4.69, 9.17) is 0 Å². The number of likely N-dealkylation sites (tertiary alicyclic amines) is 1. The summed E-state index contributed by atoms with van der Waals surface area (Å²) < 4.78 is 0. The van der Waals surface area contributed by atoms with Gasteiger partial charge in [-0.05, 0) is 81.6 Å². The zero-order valence-corrected chi connectivity index (χ0v) is 18.9. The first kappa shape index (κ1) is 23.0. The highest BCUT2D eigenvalue weighted by atomic mass is 16.1. The summed E-state index contributed by atoms with van der Waals surface area (Å²) in [5.74, 6) is 0.603. The Morgan fingerprint density at radius 3 is 2.24 bits per heavy atom. The maximum atomic E-state index is 12.9. The van der Waals surface area contributed by atoms with Crippen molar-refractivity contribution in [2.24, 2.45) is 5.92 Å². The fourth-order valence-corrected chi connectivity index (χ4v) is 3.72. The van der Waals surface area contributed by atoms with E-state index in [0.717, 1.165) is 60.4 Å². The van der Waals surface area contributed by atoms with Crippen molar-refractivity contribution in [3.63, 3.8) is 0 Å². The number of hydrogen-bond donors (Lipinski definition) is 2. The highest BCUT2D eigenvalue weighted by molar-refractivity contribution is 5.98. The van der Waals surface area contributed by atoms with Gasteiger partial charge in [0.2, 0.25) is 0 Å². The molecule has 1 aliphatic heterocycles. The third-order valence-corrected chi connectivity index (χ3v) is 5.70. The quantitative estimate of drug-likeness (QED) is 0.739. The van der Waals surface area contributed by atoms with Crippen LogP contribution in [0.5, 0.6) is 0 Å². The Bertz CT molecular complexity index is 790. The van der Waals surface area contributed by atoms with Gasteiger partial charge >= 0.3 is 0 Å². The molecule has 2 aromatic carbocycles. The van der Waals surface area contributed by atoms with Crippen LogP contribution in [0.2, 0.25) is 0 Å². The average Bonchev–Trinajstić information content (AvgIpc) is 2.75. The second-order valence-corrected chi connectivity index (χ2v) is 7.77. The van der Waals surface area contributed by atoms with Crippen LogP contribution in [0.1, 0.15) is 48.2 Å². The molecule has 1 heterocycles. The lowest BCUT2D eigenvalue weighted by Crippen LogP contribution is -2.37. The van der Waals surface area contributed by atoms with Crippen molar-refractivity contribution in [3.8, 4) is 11.1 Å². The Labute approximate surface area is 176 Å². The van der Waals surface area contributed by atoms with Gasteiger partial charge in [0, 0.05) is 24.8 Å². The Morgan fingerprint density at radius 2 is 1.66 bits per heavy atom. The molecule has 4 nitrogen and oxygen atoms in total. The van der Waals surface area contributed by atoms with Crippen molar-refractivity contribution in [2.75, 3.05) is 39.0 Å². The molecule has 0 bridgehead atoms. The molecule has 2 N–H and O–H groups in total. The van der Waals surface area contributed by atoms with Gasteiger partial charge in [-0.25, -0.2) is 0 Å². The predicted octanol–water partition coefficient (Wildman–Crippen LogP) is 5.11. The van der Waals surface area contributed by atoms with Gasteiger partial charge in [-0.15, -0.1) is 0 Å². The van der Waals surface area contributed by atoms with E-state index >= 15 is 0 Å². The summed E-state index contributed by atoms with van der Waals surface area (Å²) in [6, 6.07) is 12.6. The van der Waals surface area contributed by atoms with Crippen molar-refractivity contribution in [1.29, 1.82) is 0 Å². The molecular formula is C25H37N3O. The van der Waals surface area contributed by atoms with Crippen molar-refractivity contribution in [3.05, 3.63) is 53.1 Å². The first-order chi connectivity index (χ1) is 14.0. The molecule has 29 heavy (non-hydrogen) atoms. The number of benzene rings is 2. The van der Waals surface area contributed by atoms with E-state index in [0.29, 0.717) is 5.92 Å². The van der Waals surface area contributed by atoms with Gasteiger partial charge in [-0.3, -0.25) is 4.79 Å². The number of nitrogens with one attached hydrogen (secondary N) is 2. The third-order valence-electron chi connectivity index (χ3n) is 5.70. The molecule has 0 spiro atoms. The molecule has 0 aromatic heterocycles. The van der Waals surface area contributed by atoms with Gasteiger partial charge in [0.05, 0.1) is 0 Å². The van der Waals surface area contributed by atoms with Crippen LogP contribution in [0.25, 0.3) is 11.1 Å². The number of nitrogens with zero attached hydrogens (tertiary/aromatic N) is 1. The molecule has 3 rings (SSSR count). The molecule has 0 saturated carbocycles. The summed E-state index contributed by atoms with van der Waals surface area (Å²) in [5, 5.41) is 6.42. The first-order valence-corrected chi connectivity index (χ1v) is 10.8. The molecule has 1 aliphatic rings. The maximum Gasteiger partial charge on any atom is 0.251 e. The number of hydrogen-bond acceptors (Lipinski definition) is 3. The standard InChI is InChI=1S/C23H31N3O.C2H6/c1-16-5-7-19(8-6-16)20-13-21(17(2)22(14-20)24-3)23(27)25-15-18-9-11-26(4)12-10-18;1-2/h5-8,13-14,18,24H,9-12,15H2,1-4H3,(H,25,27);1-2H3. The van der Waals surface area contributed by atoms with E-state index in [1.54, 1.807) is 0 Å². The van der Waals surface area contributed by atoms with Crippen molar-refractivity contribution >= 4 is 11.6 Å². The zero-order valence-electron chi connectivity index (χ0n) is 18.9. The summed E-state index contributed by atoms with van der Waals surface area (Å²) in [4.78, 5) is 15.3. The highest BCUT2D eigenvalue weighted by Crippen LogP contribution is 2.29. The minimum absolute atomic E-state index is 0.0249. The first-order valence-electron chi connectivity index (χ1n) is 10.8. The van der Waals surface area contributed by atoms with E-state index in [-0.39, 0.29) is 5.91 Å². The van der Waals surface area contributed by atoms with E-state index in [2.05, 4.69) is 59.8 Å². The molecule has 1 saturated heterocycles. The molecule has 0 unspecified atom stereocenters. The predicted molar refractivity (Wildman–Crippen MR) is 125 cm³/mol. The highest BCUT2D eigenvalue weighted by Gasteiger charge is 2.19. The molecule has 2 aromatic rings. The van der Waals surface area contributed by atoms with Gasteiger partial charge in [0.15, 0.2) is 0 Å². The van der Waals surface area contributed by atoms with Gasteiger partial charge < -0.3 is 15.5 Å². The second-order valence-electron chi connectivity index (χ2n) is 7.77. The summed E-state index contributed by atoms with van der Waals surface area (Å²) in [6.45, 7) is 11.1. The number of carbonyl (C=O) groups excluding carboxylic acids is 1.